The second kappa shape index (κ2) is 7.26. The van der Waals surface area contributed by atoms with Gasteiger partial charge in [0, 0.05) is 43.0 Å². The first-order valence-electron chi connectivity index (χ1n) is 10.1. The summed E-state index contributed by atoms with van der Waals surface area (Å²) in [5, 5.41) is 8.45. The average Bonchev–Trinajstić information content (AvgIpc) is 3.50. The molecule has 5 rings (SSSR count). The summed E-state index contributed by atoms with van der Waals surface area (Å²) in [6.07, 6.45) is 8.24. The van der Waals surface area contributed by atoms with E-state index in [9.17, 15) is 4.79 Å². The molecule has 1 aliphatic heterocycles. The SMILES string of the molecule is O=C(c1cc2ccccn2c1)N1CCC(COc2ccc(C3CC3)nn2)CC1. The van der Waals surface area contributed by atoms with Crippen LogP contribution in [0.15, 0.2) is 48.8 Å². The van der Waals surface area contributed by atoms with Crippen LogP contribution < -0.4 is 4.74 Å². The van der Waals surface area contributed by atoms with Gasteiger partial charge in [0.2, 0.25) is 5.88 Å². The van der Waals surface area contributed by atoms with Crippen molar-refractivity contribution in [3.63, 3.8) is 0 Å². The van der Waals surface area contributed by atoms with Gasteiger partial charge in [-0.05, 0) is 55.9 Å². The molecule has 1 saturated carbocycles. The van der Waals surface area contributed by atoms with Crippen LogP contribution in [0, 0.1) is 5.92 Å². The highest BCUT2D eigenvalue weighted by molar-refractivity contribution is 5.95. The summed E-state index contributed by atoms with van der Waals surface area (Å²) in [6.45, 7) is 2.17. The number of amides is 1. The summed E-state index contributed by atoms with van der Waals surface area (Å²) < 4.78 is 7.83. The van der Waals surface area contributed by atoms with E-state index in [4.69, 9.17) is 4.74 Å². The lowest BCUT2D eigenvalue weighted by atomic mass is 9.97. The Labute approximate surface area is 164 Å². The molecule has 1 saturated heterocycles. The van der Waals surface area contributed by atoms with Crippen molar-refractivity contribution in [1.82, 2.24) is 19.5 Å². The van der Waals surface area contributed by atoms with E-state index in [0.29, 0.717) is 24.3 Å². The van der Waals surface area contributed by atoms with Crippen LogP contribution in [0.4, 0.5) is 0 Å². The van der Waals surface area contributed by atoms with Crippen molar-refractivity contribution in [2.75, 3.05) is 19.7 Å². The molecule has 2 fully saturated rings. The molecule has 3 aromatic heterocycles. The number of ether oxygens (including phenoxy) is 1. The van der Waals surface area contributed by atoms with Crippen LogP contribution in [-0.4, -0.2) is 45.1 Å². The fraction of sp³-hybridized carbons (Fsp3) is 0.409. The maximum absolute atomic E-state index is 12.8. The van der Waals surface area contributed by atoms with Gasteiger partial charge < -0.3 is 14.0 Å². The predicted octanol–water partition coefficient (Wildman–Crippen LogP) is 3.54. The van der Waals surface area contributed by atoms with Crippen LogP contribution >= 0.6 is 0 Å². The molecule has 0 spiro atoms. The number of carbonyl (C=O) groups is 1. The quantitative estimate of drug-likeness (QED) is 0.683. The van der Waals surface area contributed by atoms with Gasteiger partial charge >= 0.3 is 0 Å². The van der Waals surface area contributed by atoms with Gasteiger partial charge in [-0.2, -0.15) is 5.10 Å². The van der Waals surface area contributed by atoms with Crippen LogP contribution in [0.2, 0.25) is 0 Å². The molecule has 2 aliphatic rings. The molecule has 0 unspecified atom stereocenters. The number of aromatic nitrogens is 3. The summed E-state index contributed by atoms with van der Waals surface area (Å²) in [5.41, 5.74) is 2.88. The summed E-state index contributed by atoms with van der Waals surface area (Å²) in [5.74, 6) is 1.77. The first kappa shape index (κ1) is 17.2. The zero-order chi connectivity index (χ0) is 18.9. The molecule has 6 nitrogen and oxygen atoms in total. The molecule has 0 radical (unpaired) electrons. The van der Waals surface area contributed by atoms with Crippen molar-refractivity contribution >= 4 is 11.4 Å². The molecular weight excluding hydrogens is 352 g/mol. The standard InChI is InChI=1S/C22H24N4O2/c27-22(18-13-19-3-1-2-10-26(19)14-18)25-11-8-16(9-12-25)15-28-21-7-6-20(23-24-21)17-4-5-17/h1-3,6-7,10,13-14,16-17H,4-5,8-9,11-12,15H2. The molecule has 28 heavy (non-hydrogen) atoms. The van der Waals surface area contributed by atoms with Crippen molar-refractivity contribution in [2.45, 2.75) is 31.6 Å². The van der Waals surface area contributed by atoms with Crippen LogP contribution in [-0.2, 0) is 0 Å². The zero-order valence-corrected chi connectivity index (χ0v) is 15.8. The van der Waals surface area contributed by atoms with Crippen molar-refractivity contribution in [1.29, 1.82) is 0 Å². The van der Waals surface area contributed by atoms with E-state index in [2.05, 4.69) is 10.2 Å². The van der Waals surface area contributed by atoms with E-state index in [1.165, 1.54) is 12.8 Å². The second-order valence-corrected chi connectivity index (χ2v) is 7.88. The summed E-state index contributed by atoms with van der Waals surface area (Å²) in [7, 11) is 0. The Bertz CT molecular complexity index is 937. The maximum atomic E-state index is 12.8. The van der Waals surface area contributed by atoms with Gasteiger partial charge in [0.15, 0.2) is 0 Å². The highest BCUT2D eigenvalue weighted by atomic mass is 16.5. The van der Waals surface area contributed by atoms with Crippen molar-refractivity contribution in [2.24, 2.45) is 5.92 Å². The first-order chi connectivity index (χ1) is 13.8. The van der Waals surface area contributed by atoms with Crippen molar-refractivity contribution in [3.05, 3.63) is 60.0 Å². The highest BCUT2D eigenvalue weighted by Crippen LogP contribution is 2.38. The molecule has 3 aromatic rings. The third-order valence-electron chi connectivity index (χ3n) is 5.78. The van der Waals surface area contributed by atoms with Gasteiger partial charge in [-0.15, -0.1) is 5.10 Å². The Morgan fingerprint density at radius 1 is 1.07 bits per heavy atom. The van der Waals surface area contributed by atoms with E-state index >= 15 is 0 Å². The van der Waals surface area contributed by atoms with Gasteiger partial charge in [-0.3, -0.25) is 4.79 Å². The Morgan fingerprint density at radius 2 is 1.93 bits per heavy atom. The molecule has 6 heteroatoms. The molecule has 144 valence electrons. The van der Waals surface area contributed by atoms with E-state index in [0.717, 1.165) is 42.7 Å². The number of rotatable bonds is 5. The molecule has 0 atom stereocenters. The molecule has 4 heterocycles. The minimum Gasteiger partial charge on any atom is -0.476 e. The number of piperidine rings is 1. The van der Waals surface area contributed by atoms with Crippen LogP contribution in [0.5, 0.6) is 5.88 Å². The lowest BCUT2D eigenvalue weighted by Crippen LogP contribution is -2.39. The Balaban J connectivity index is 1.13. The first-order valence-corrected chi connectivity index (χ1v) is 10.1. The third kappa shape index (κ3) is 3.59. The van der Waals surface area contributed by atoms with E-state index in [-0.39, 0.29) is 5.91 Å². The van der Waals surface area contributed by atoms with Gasteiger partial charge in [-0.1, -0.05) is 6.07 Å². The number of nitrogens with zero attached hydrogens (tertiary/aromatic N) is 4. The second-order valence-electron chi connectivity index (χ2n) is 7.88. The molecule has 0 bridgehead atoms. The van der Waals surface area contributed by atoms with Gasteiger partial charge in [-0.25, -0.2) is 0 Å². The van der Waals surface area contributed by atoms with Crippen LogP contribution in [0.1, 0.15) is 47.7 Å². The number of fused-ring (bicyclic) bond motifs is 1. The summed E-state index contributed by atoms with van der Waals surface area (Å²) in [4.78, 5) is 14.8. The van der Waals surface area contributed by atoms with Gasteiger partial charge in [0.05, 0.1) is 17.9 Å². The normalized spacial score (nSPS) is 17.8. The molecular formula is C22H24N4O2. The average molecular weight is 376 g/mol. The molecule has 0 N–H and O–H groups in total. The zero-order valence-electron chi connectivity index (χ0n) is 15.8. The lowest BCUT2D eigenvalue weighted by Gasteiger charge is -2.31. The number of hydrogen-bond acceptors (Lipinski definition) is 4. The number of pyridine rings is 1. The largest absolute Gasteiger partial charge is 0.476 e. The van der Waals surface area contributed by atoms with Crippen LogP contribution in [0.3, 0.4) is 0 Å². The minimum atomic E-state index is 0.115. The van der Waals surface area contributed by atoms with Crippen molar-refractivity contribution < 1.29 is 9.53 Å². The Morgan fingerprint density at radius 3 is 2.64 bits per heavy atom. The van der Waals surface area contributed by atoms with E-state index in [1.54, 1.807) is 0 Å². The fourth-order valence-corrected chi connectivity index (χ4v) is 3.86. The predicted molar refractivity (Wildman–Crippen MR) is 106 cm³/mol. The Kier molecular flexibility index (Phi) is 4.47. The molecule has 1 amide bonds. The third-order valence-corrected chi connectivity index (χ3v) is 5.78. The number of hydrogen-bond donors (Lipinski definition) is 0. The summed E-state index contributed by atoms with van der Waals surface area (Å²) in [6, 6.07) is 11.9. The molecule has 1 aliphatic carbocycles. The summed E-state index contributed by atoms with van der Waals surface area (Å²) >= 11 is 0. The van der Waals surface area contributed by atoms with E-state index < -0.39 is 0 Å². The minimum absolute atomic E-state index is 0.115. The maximum Gasteiger partial charge on any atom is 0.255 e. The van der Waals surface area contributed by atoms with Gasteiger partial charge in [0.25, 0.3) is 5.91 Å². The smallest absolute Gasteiger partial charge is 0.255 e. The Hall–Kier alpha value is -2.89. The fourth-order valence-electron chi connectivity index (χ4n) is 3.86. The number of carbonyl (C=O) groups excluding carboxylic acids is 1. The highest BCUT2D eigenvalue weighted by Gasteiger charge is 2.26. The van der Waals surface area contributed by atoms with Crippen LogP contribution in [0.25, 0.3) is 5.52 Å². The monoisotopic (exact) mass is 376 g/mol. The van der Waals surface area contributed by atoms with E-state index in [1.807, 2.05) is 58.1 Å². The lowest BCUT2D eigenvalue weighted by molar-refractivity contribution is 0.0659. The molecule has 0 aromatic carbocycles. The number of likely N-dealkylation sites (tertiary alicyclic amines) is 1. The van der Waals surface area contributed by atoms with Crippen molar-refractivity contribution in [3.8, 4) is 5.88 Å². The van der Waals surface area contributed by atoms with Gasteiger partial charge in [0.1, 0.15) is 0 Å². The topological polar surface area (TPSA) is 59.7 Å².